The van der Waals surface area contributed by atoms with Crippen molar-refractivity contribution in [1.82, 2.24) is 5.43 Å². The molecule has 5 nitrogen and oxygen atoms in total. The number of hydrogen-bond donors (Lipinski definition) is 1. The molecule has 3 aromatic carbocycles. The Morgan fingerprint density at radius 1 is 0.964 bits per heavy atom. The highest BCUT2D eigenvalue weighted by Gasteiger charge is 2.04. The van der Waals surface area contributed by atoms with Crippen molar-refractivity contribution in [3.05, 3.63) is 94.5 Å². The maximum Gasteiger partial charge on any atom is 0.271 e. The lowest BCUT2D eigenvalue weighted by Gasteiger charge is -2.07. The first kappa shape index (κ1) is 19.5. The summed E-state index contributed by atoms with van der Waals surface area (Å²) in [4.78, 5) is 12.2. The normalized spacial score (nSPS) is 10.6. The molecule has 1 amide bonds. The molecule has 3 aromatic rings. The third-order valence-corrected chi connectivity index (χ3v) is 4.18. The lowest BCUT2D eigenvalue weighted by molar-refractivity contribution is 0.0955. The molecule has 6 heteroatoms. The van der Waals surface area contributed by atoms with Crippen LogP contribution in [0.1, 0.15) is 21.5 Å². The van der Waals surface area contributed by atoms with Gasteiger partial charge in [0.05, 0.1) is 13.3 Å². The van der Waals surface area contributed by atoms with Crippen molar-refractivity contribution >= 4 is 23.7 Å². The summed E-state index contributed by atoms with van der Waals surface area (Å²) in [6.45, 7) is 0.425. The Kier molecular flexibility index (Phi) is 6.65. The van der Waals surface area contributed by atoms with Gasteiger partial charge >= 0.3 is 0 Å². The molecule has 0 aliphatic heterocycles. The van der Waals surface area contributed by atoms with Gasteiger partial charge in [0.1, 0.15) is 18.1 Å². The minimum atomic E-state index is -0.297. The van der Waals surface area contributed by atoms with Crippen molar-refractivity contribution in [2.24, 2.45) is 5.10 Å². The van der Waals surface area contributed by atoms with E-state index in [0.717, 1.165) is 16.9 Å². The molecular formula is C22H19ClN2O3. The van der Waals surface area contributed by atoms with Crippen LogP contribution in [0.15, 0.2) is 77.9 Å². The monoisotopic (exact) mass is 394 g/mol. The van der Waals surface area contributed by atoms with Crippen molar-refractivity contribution in [3.63, 3.8) is 0 Å². The molecule has 28 heavy (non-hydrogen) atoms. The summed E-state index contributed by atoms with van der Waals surface area (Å²) < 4.78 is 10.8. The highest BCUT2D eigenvalue weighted by Crippen LogP contribution is 2.16. The summed E-state index contributed by atoms with van der Waals surface area (Å²) in [7, 11) is 1.61. The average Bonchev–Trinajstić information content (AvgIpc) is 2.74. The van der Waals surface area contributed by atoms with E-state index in [1.54, 1.807) is 37.6 Å². The van der Waals surface area contributed by atoms with E-state index in [4.69, 9.17) is 21.1 Å². The number of rotatable bonds is 7. The first-order valence-electron chi connectivity index (χ1n) is 8.59. The van der Waals surface area contributed by atoms with E-state index in [0.29, 0.717) is 22.9 Å². The molecule has 0 aliphatic carbocycles. The Morgan fingerprint density at radius 2 is 1.61 bits per heavy atom. The van der Waals surface area contributed by atoms with Crippen LogP contribution in [0.2, 0.25) is 5.02 Å². The van der Waals surface area contributed by atoms with Gasteiger partial charge in [-0.15, -0.1) is 0 Å². The molecule has 0 atom stereocenters. The molecule has 0 saturated heterocycles. The second-order valence-electron chi connectivity index (χ2n) is 5.91. The van der Waals surface area contributed by atoms with Crippen molar-refractivity contribution < 1.29 is 14.3 Å². The van der Waals surface area contributed by atoms with E-state index in [2.05, 4.69) is 10.5 Å². The van der Waals surface area contributed by atoms with Crippen LogP contribution in [0.3, 0.4) is 0 Å². The number of nitrogens with one attached hydrogen (secondary N) is 1. The maximum atomic E-state index is 12.2. The number of amides is 1. The third kappa shape index (κ3) is 5.59. The molecule has 0 radical (unpaired) electrons. The number of carbonyl (C=O) groups is 1. The number of ether oxygens (including phenoxy) is 2. The zero-order chi connectivity index (χ0) is 19.8. The fourth-order valence-electron chi connectivity index (χ4n) is 2.37. The van der Waals surface area contributed by atoms with E-state index >= 15 is 0 Å². The van der Waals surface area contributed by atoms with E-state index in [1.807, 2.05) is 48.5 Å². The number of hydrogen-bond acceptors (Lipinski definition) is 4. The zero-order valence-corrected chi connectivity index (χ0v) is 16.0. The predicted molar refractivity (Wildman–Crippen MR) is 110 cm³/mol. The van der Waals surface area contributed by atoms with Crippen LogP contribution in [-0.2, 0) is 6.61 Å². The summed E-state index contributed by atoms with van der Waals surface area (Å²) in [5.41, 5.74) is 4.86. The lowest BCUT2D eigenvalue weighted by Crippen LogP contribution is -2.17. The van der Waals surface area contributed by atoms with Crippen molar-refractivity contribution in [2.75, 3.05) is 7.11 Å². The topological polar surface area (TPSA) is 59.9 Å². The molecule has 0 heterocycles. The molecule has 0 aliphatic rings. The van der Waals surface area contributed by atoms with E-state index in [9.17, 15) is 4.79 Å². The van der Waals surface area contributed by atoms with Crippen molar-refractivity contribution in [2.45, 2.75) is 6.61 Å². The first-order chi connectivity index (χ1) is 13.6. The van der Waals surface area contributed by atoms with Gasteiger partial charge in [-0.3, -0.25) is 4.79 Å². The minimum Gasteiger partial charge on any atom is -0.497 e. The van der Waals surface area contributed by atoms with Gasteiger partial charge in [-0.05, 0) is 71.8 Å². The Balaban J connectivity index is 1.51. The molecule has 3 rings (SSSR count). The number of nitrogens with zero attached hydrogens (tertiary/aromatic N) is 1. The Bertz CT molecular complexity index is 937. The molecule has 0 fully saturated rings. The molecule has 142 valence electrons. The van der Waals surface area contributed by atoms with Gasteiger partial charge < -0.3 is 9.47 Å². The second-order valence-corrected chi connectivity index (χ2v) is 6.35. The standard InChI is InChI=1S/C22H19ClN2O3/c1-27-20-10-4-16(5-11-20)14-24-25-22(26)18-6-12-21(13-7-18)28-15-17-2-8-19(23)9-3-17/h2-14H,15H2,1H3,(H,25,26)/b24-14+. The zero-order valence-electron chi connectivity index (χ0n) is 15.3. The van der Waals surface area contributed by atoms with Gasteiger partial charge in [-0.2, -0.15) is 5.10 Å². The summed E-state index contributed by atoms with van der Waals surface area (Å²) in [5.74, 6) is 1.14. The van der Waals surface area contributed by atoms with E-state index in [1.165, 1.54) is 0 Å². The second kappa shape index (κ2) is 9.58. The van der Waals surface area contributed by atoms with E-state index in [-0.39, 0.29) is 5.91 Å². The molecule has 0 unspecified atom stereocenters. The van der Waals surface area contributed by atoms with Crippen LogP contribution in [0.4, 0.5) is 0 Å². The van der Waals surface area contributed by atoms with Gasteiger partial charge in [-0.25, -0.2) is 5.43 Å². The van der Waals surface area contributed by atoms with Gasteiger partial charge in [-0.1, -0.05) is 23.7 Å². The molecule has 0 saturated carbocycles. The minimum absolute atomic E-state index is 0.297. The smallest absolute Gasteiger partial charge is 0.271 e. The van der Waals surface area contributed by atoms with Crippen molar-refractivity contribution in [3.8, 4) is 11.5 Å². The predicted octanol–water partition coefficient (Wildman–Crippen LogP) is 4.69. The van der Waals surface area contributed by atoms with Gasteiger partial charge in [0.15, 0.2) is 0 Å². The third-order valence-electron chi connectivity index (χ3n) is 3.93. The van der Waals surface area contributed by atoms with E-state index < -0.39 is 0 Å². The number of carbonyl (C=O) groups excluding carboxylic acids is 1. The Hall–Kier alpha value is -3.31. The summed E-state index contributed by atoms with van der Waals surface area (Å²) in [6.07, 6.45) is 1.57. The van der Waals surface area contributed by atoms with Gasteiger partial charge in [0, 0.05) is 10.6 Å². The number of hydrazone groups is 1. The maximum absolute atomic E-state index is 12.2. The lowest BCUT2D eigenvalue weighted by atomic mass is 10.2. The average molecular weight is 395 g/mol. The van der Waals surface area contributed by atoms with Crippen LogP contribution >= 0.6 is 11.6 Å². The van der Waals surface area contributed by atoms with Crippen molar-refractivity contribution in [1.29, 1.82) is 0 Å². The molecule has 0 bridgehead atoms. The summed E-state index contributed by atoms with van der Waals surface area (Å²) in [5, 5.41) is 4.66. The number of methoxy groups -OCH3 is 1. The fraction of sp³-hybridized carbons (Fsp3) is 0.0909. The summed E-state index contributed by atoms with van der Waals surface area (Å²) in [6, 6.07) is 21.7. The fourth-order valence-corrected chi connectivity index (χ4v) is 2.50. The number of benzene rings is 3. The van der Waals surface area contributed by atoms with Crippen LogP contribution in [-0.4, -0.2) is 19.2 Å². The highest BCUT2D eigenvalue weighted by molar-refractivity contribution is 6.30. The molecule has 0 aromatic heterocycles. The van der Waals surface area contributed by atoms with Gasteiger partial charge in [0.25, 0.3) is 5.91 Å². The molecular weight excluding hydrogens is 376 g/mol. The SMILES string of the molecule is COc1ccc(/C=N/NC(=O)c2ccc(OCc3ccc(Cl)cc3)cc2)cc1. The Labute approximate surface area is 168 Å². The van der Waals surface area contributed by atoms with Crippen LogP contribution in [0.25, 0.3) is 0 Å². The van der Waals surface area contributed by atoms with Crippen LogP contribution < -0.4 is 14.9 Å². The Morgan fingerprint density at radius 3 is 2.25 bits per heavy atom. The number of halogens is 1. The molecule has 0 spiro atoms. The molecule has 1 N–H and O–H groups in total. The summed E-state index contributed by atoms with van der Waals surface area (Å²) >= 11 is 5.87. The first-order valence-corrected chi connectivity index (χ1v) is 8.96. The quantitative estimate of drug-likeness (QED) is 0.467. The largest absolute Gasteiger partial charge is 0.497 e. The van der Waals surface area contributed by atoms with Gasteiger partial charge in [0.2, 0.25) is 0 Å². The van der Waals surface area contributed by atoms with Crippen LogP contribution in [0, 0.1) is 0 Å². The highest BCUT2D eigenvalue weighted by atomic mass is 35.5. The van der Waals surface area contributed by atoms with Crippen LogP contribution in [0.5, 0.6) is 11.5 Å².